The van der Waals surface area contributed by atoms with E-state index in [1.165, 1.54) is 0 Å². The number of urea groups is 1. The minimum absolute atomic E-state index is 0.144. The Hall–Kier alpha value is -1.34. The number of hydrogen-bond acceptors (Lipinski definition) is 4. The number of aliphatic carboxylic acids is 1. The van der Waals surface area contributed by atoms with Crippen LogP contribution in [0.2, 0.25) is 0 Å². The molecule has 0 radical (unpaired) electrons. The molecule has 0 saturated carbocycles. The highest BCUT2D eigenvalue weighted by atomic mass is 16.5. The van der Waals surface area contributed by atoms with Crippen molar-refractivity contribution in [1.29, 1.82) is 0 Å². The highest BCUT2D eigenvalue weighted by Gasteiger charge is 2.35. The maximum Gasteiger partial charge on any atom is 0.317 e. The van der Waals surface area contributed by atoms with Crippen LogP contribution >= 0.6 is 0 Å². The van der Waals surface area contributed by atoms with Crippen molar-refractivity contribution in [2.45, 2.75) is 19.9 Å². The van der Waals surface area contributed by atoms with E-state index in [2.05, 4.69) is 5.32 Å². The van der Waals surface area contributed by atoms with Gasteiger partial charge in [0.05, 0.1) is 25.9 Å². The Morgan fingerprint density at radius 1 is 1.42 bits per heavy atom. The minimum atomic E-state index is -0.944. The molecule has 2 amide bonds. The summed E-state index contributed by atoms with van der Waals surface area (Å²) in [5.41, 5.74) is 0. The van der Waals surface area contributed by atoms with Crippen LogP contribution in [0.1, 0.15) is 13.8 Å². The second kappa shape index (κ2) is 7.96. The smallest absolute Gasteiger partial charge is 0.317 e. The zero-order chi connectivity index (χ0) is 14.3. The maximum absolute atomic E-state index is 12.0. The molecule has 0 aromatic rings. The maximum atomic E-state index is 12.0. The van der Waals surface area contributed by atoms with Crippen LogP contribution in [-0.2, 0) is 14.3 Å². The molecule has 0 aliphatic carbocycles. The summed E-state index contributed by atoms with van der Waals surface area (Å²) in [6.07, 6.45) is 0. The number of ether oxygens (including phenoxy) is 2. The molecule has 7 heteroatoms. The van der Waals surface area contributed by atoms with Gasteiger partial charge in [-0.2, -0.15) is 0 Å². The average Bonchev–Trinajstić information content (AvgIpc) is 2.82. The van der Waals surface area contributed by atoms with Gasteiger partial charge in [-0.1, -0.05) is 0 Å². The van der Waals surface area contributed by atoms with Gasteiger partial charge in [0.2, 0.25) is 0 Å². The standard InChI is InChI=1S/C12H22N2O5/c1-3-14(5-6-18-4-2)12(17)13-10-8-19-7-9(10)11(15)16/h9-10H,3-8H2,1-2H3,(H,13,17)(H,15,16). The molecule has 2 atom stereocenters. The van der Waals surface area contributed by atoms with Crippen LogP contribution in [0.4, 0.5) is 4.79 Å². The number of carbonyl (C=O) groups excluding carboxylic acids is 1. The summed E-state index contributed by atoms with van der Waals surface area (Å²) in [4.78, 5) is 24.6. The van der Waals surface area contributed by atoms with E-state index in [-0.39, 0.29) is 19.2 Å². The summed E-state index contributed by atoms with van der Waals surface area (Å²) >= 11 is 0. The Bertz CT molecular complexity index is 310. The zero-order valence-electron chi connectivity index (χ0n) is 11.4. The zero-order valence-corrected chi connectivity index (χ0v) is 11.4. The predicted octanol–water partition coefficient (Wildman–Crippen LogP) is 0.154. The minimum Gasteiger partial charge on any atom is -0.481 e. The van der Waals surface area contributed by atoms with Crippen molar-refractivity contribution in [2.24, 2.45) is 5.92 Å². The first kappa shape index (κ1) is 15.7. The number of carboxylic acids is 1. The molecule has 0 aromatic heterocycles. The number of rotatable bonds is 7. The van der Waals surface area contributed by atoms with E-state index >= 15 is 0 Å². The summed E-state index contributed by atoms with van der Waals surface area (Å²) in [6, 6.07) is -0.741. The Kier molecular flexibility index (Phi) is 6.58. The molecule has 1 saturated heterocycles. The first-order chi connectivity index (χ1) is 9.10. The molecule has 110 valence electrons. The molecule has 1 aliphatic heterocycles. The number of nitrogens with one attached hydrogen (secondary N) is 1. The Morgan fingerprint density at radius 3 is 2.74 bits per heavy atom. The molecular weight excluding hydrogens is 252 g/mol. The lowest BCUT2D eigenvalue weighted by atomic mass is 10.0. The van der Waals surface area contributed by atoms with Crippen LogP contribution in [0.15, 0.2) is 0 Å². The lowest BCUT2D eigenvalue weighted by molar-refractivity contribution is -0.142. The molecule has 2 N–H and O–H groups in total. The van der Waals surface area contributed by atoms with Gasteiger partial charge in [-0.05, 0) is 13.8 Å². The predicted molar refractivity (Wildman–Crippen MR) is 68.0 cm³/mol. The van der Waals surface area contributed by atoms with Gasteiger partial charge >= 0.3 is 12.0 Å². The number of nitrogens with zero attached hydrogens (tertiary/aromatic N) is 1. The van der Waals surface area contributed by atoms with Gasteiger partial charge in [-0.3, -0.25) is 4.79 Å². The van der Waals surface area contributed by atoms with Crippen molar-refractivity contribution in [3.05, 3.63) is 0 Å². The van der Waals surface area contributed by atoms with Gasteiger partial charge in [0.1, 0.15) is 5.92 Å². The van der Waals surface area contributed by atoms with Crippen molar-refractivity contribution in [3.8, 4) is 0 Å². The quantitative estimate of drug-likeness (QED) is 0.645. The van der Waals surface area contributed by atoms with Gasteiger partial charge in [-0.15, -0.1) is 0 Å². The second-order valence-corrected chi connectivity index (χ2v) is 4.31. The molecule has 1 fully saturated rings. The highest BCUT2D eigenvalue weighted by molar-refractivity contribution is 5.77. The van der Waals surface area contributed by atoms with Crippen molar-refractivity contribution in [3.63, 3.8) is 0 Å². The van der Waals surface area contributed by atoms with E-state index < -0.39 is 17.9 Å². The lowest BCUT2D eigenvalue weighted by Crippen LogP contribution is -2.49. The Morgan fingerprint density at radius 2 is 2.16 bits per heavy atom. The van der Waals surface area contributed by atoms with Crippen LogP contribution in [0.3, 0.4) is 0 Å². The van der Waals surface area contributed by atoms with Crippen molar-refractivity contribution >= 4 is 12.0 Å². The van der Waals surface area contributed by atoms with E-state index in [4.69, 9.17) is 14.6 Å². The van der Waals surface area contributed by atoms with Crippen molar-refractivity contribution < 1.29 is 24.2 Å². The van der Waals surface area contributed by atoms with E-state index in [1.54, 1.807) is 4.90 Å². The fourth-order valence-electron chi connectivity index (χ4n) is 1.91. The summed E-state index contributed by atoms with van der Waals surface area (Å²) < 4.78 is 10.3. The summed E-state index contributed by atoms with van der Waals surface area (Å²) in [7, 11) is 0. The van der Waals surface area contributed by atoms with Crippen LogP contribution in [0, 0.1) is 5.92 Å². The van der Waals surface area contributed by atoms with Crippen LogP contribution in [0.25, 0.3) is 0 Å². The Labute approximate surface area is 112 Å². The molecular formula is C12H22N2O5. The van der Waals surface area contributed by atoms with Gasteiger partial charge in [0, 0.05) is 19.7 Å². The van der Waals surface area contributed by atoms with Crippen LogP contribution < -0.4 is 5.32 Å². The molecule has 1 aliphatic rings. The second-order valence-electron chi connectivity index (χ2n) is 4.31. The molecule has 1 rings (SSSR count). The SMILES string of the molecule is CCOCCN(CC)C(=O)NC1COCC1C(=O)O. The first-order valence-electron chi connectivity index (χ1n) is 6.53. The van der Waals surface area contributed by atoms with Gasteiger partial charge in [-0.25, -0.2) is 4.79 Å². The highest BCUT2D eigenvalue weighted by Crippen LogP contribution is 2.14. The van der Waals surface area contributed by atoms with Crippen LogP contribution in [-0.4, -0.2) is 67.6 Å². The summed E-state index contributed by atoms with van der Waals surface area (Å²) in [5.74, 6) is -1.62. The normalized spacial score (nSPS) is 22.2. The fourth-order valence-corrected chi connectivity index (χ4v) is 1.91. The molecule has 0 aromatic carbocycles. The molecule has 1 heterocycles. The third kappa shape index (κ3) is 4.68. The number of amides is 2. The van der Waals surface area contributed by atoms with E-state index in [1.807, 2.05) is 13.8 Å². The topological polar surface area (TPSA) is 88.1 Å². The van der Waals surface area contributed by atoms with Gasteiger partial charge in [0.15, 0.2) is 0 Å². The summed E-state index contributed by atoms with van der Waals surface area (Å²) in [6.45, 7) is 6.26. The Balaban J connectivity index is 2.45. The molecule has 0 spiro atoms. The average molecular weight is 274 g/mol. The van der Waals surface area contributed by atoms with Crippen molar-refractivity contribution in [1.82, 2.24) is 10.2 Å². The lowest BCUT2D eigenvalue weighted by Gasteiger charge is -2.24. The number of likely N-dealkylation sites (N-methyl/N-ethyl adjacent to an activating group) is 1. The van der Waals surface area contributed by atoms with Crippen LogP contribution in [0.5, 0.6) is 0 Å². The molecule has 0 bridgehead atoms. The van der Waals surface area contributed by atoms with E-state index in [0.717, 1.165) is 0 Å². The largest absolute Gasteiger partial charge is 0.481 e. The van der Waals surface area contributed by atoms with E-state index in [0.29, 0.717) is 26.3 Å². The van der Waals surface area contributed by atoms with E-state index in [9.17, 15) is 9.59 Å². The third-order valence-electron chi connectivity index (χ3n) is 3.09. The summed E-state index contributed by atoms with van der Waals surface area (Å²) in [5, 5.41) is 11.7. The molecule has 19 heavy (non-hydrogen) atoms. The third-order valence-corrected chi connectivity index (χ3v) is 3.09. The van der Waals surface area contributed by atoms with Crippen molar-refractivity contribution in [2.75, 3.05) is 39.5 Å². The molecule has 7 nitrogen and oxygen atoms in total. The number of hydrogen-bond donors (Lipinski definition) is 2. The fraction of sp³-hybridized carbons (Fsp3) is 0.833. The monoisotopic (exact) mass is 274 g/mol. The van der Waals surface area contributed by atoms with Gasteiger partial charge < -0.3 is 24.8 Å². The molecule has 2 unspecified atom stereocenters. The van der Waals surface area contributed by atoms with Gasteiger partial charge in [0.25, 0.3) is 0 Å². The number of carboxylic acid groups (broad SMARTS) is 1. The number of carbonyl (C=O) groups is 2. The first-order valence-corrected chi connectivity index (χ1v) is 6.53.